The van der Waals surface area contributed by atoms with Gasteiger partial charge in [-0.3, -0.25) is 9.59 Å². The molecule has 0 aliphatic carbocycles. The lowest BCUT2D eigenvalue weighted by molar-refractivity contribution is -0.140. The molecule has 1 saturated heterocycles. The van der Waals surface area contributed by atoms with Crippen LogP contribution in [0.3, 0.4) is 0 Å². The third-order valence-corrected chi connectivity index (χ3v) is 6.90. The molecule has 0 spiro atoms. The van der Waals surface area contributed by atoms with Crippen molar-refractivity contribution in [2.45, 2.75) is 40.7 Å². The van der Waals surface area contributed by atoms with Gasteiger partial charge in [-0.05, 0) is 57.1 Å². The van der Waals surface area contributed by atoms with Crippen LogP contribution in [0.4, 0.5) is 0 Å². The number of halogens is 1. The number of aryl methyl sites for hydroxylation is 1. The number of ether oxygens (including phenoxy) is 1. The quantitative estimate of drug-likeness (QED) is 0.210. The first-order valence-electron chi connectivity index (χ1n) is 11.8. The molecule has 1 aliphatic rings. The van der Waals surface area contributed by atoms with E-state index in [9.17, 15) is 19.5 Å². The average Bonchev–Trinajstić information content (AvgIpc) is 3.26. The Morgan fingerprint density at radius 2 is 1.89 bits per heavy atom. The van der Waals surface area contributed by atoms with Gasteiger partial charge in [0, 0.05) is 28.8 Å². The smallest absolute Gasteiger partial charge is 0.355 e. The fraction of sp³-hybridized carbons (Fsp3) is 0.423. The van der Waals surface area contributed by atoms with Crippen LogP contribution in [0.2, 0.25) is 0 Å². The number of nitrogens with zero attached hydrogens (tertiary/aromatic N) is 2. The molecule has 3 rings (SSSR count). The monoisotopic (exact) mass is 545 g/mol. The molecular weight excluding hydrogens is 514 g/mol. The van der Waals surface area contributed by atoms with Crippen LogP contribution in [-0.2, 0) is 14.3 Å². The summed E-state index contributed by atoms with van der Waals surface area (Å²) in [5.74, 6) is -2.25. The van der Waals surface area contributed by atoms with E-state index >= 15 is 0 Å². The summed E-state index contributed by atoms with van der Waals surface area (Å²) >= 11 is 3.47. The van der Waals surface area contributed by atoms with Gasteiger partial charge in [0.05, 0.1) is 18.2 Å². The maximum Gasteiger partial charge on any atom is 0.355 e. The molecule has 2 N–H and O–H groups in total. The van der Waals surface area contributed by atoms with Crippen molar-refractivity contribution in [1.82, 2.24) is 14.8 Å². The zero-order valence-corrected chi connectivity index (χ0v) is 22.4. The van der Waals surface area contributed by atoms with Crippen molar-refractivity contribution >= 4 is 39.3 Å². The van der Waals surface area contributed by atoms with Gasteiger partial charge in [-0.25, -0.2) is 4.79 Å². The third kappa shape index (κ3) is 5.21. The Hall–Kier alpha value is -2.91. The van der Waals surface area contributed by atoms with Gasteiger partial charge in [0.2, 0.25) is 0 Å². The molecule has 2 heterocycles. The summed E-state index contributed by atoms with van der Waals surface area (Å²) in [6.45, 7) is 12.0. The average molecular weight is 546 g/mol. The molecule has 0 radical (unpaired) electrons. The van der Waals surface area contributed by atoms with E-state index < -0.39 is 23.7 Å². The van der Waals surface area contributed by atoms with Crippen molar-refractivity contribution in [3.8, 4) is 0 Å². The first kappa shape index (κ1) is 26.7. The Morgan fingerprint density at radius 1 is 1.20 bits per heavy atom. The fourth-order valence-corrected chi connectivity index (χ4v) is 4.99. The number of H-pyrrole nitrogens is 1. The Kier molecular flexibility index (Phi) is 8.56. The second-order valence-electron chi connectivity index (χ2n) is 8.42. The molecule has 9 heteroatoms. The molecule has 1 amide bonds. The molecule has 1 aromatic carbocycles. The number of esters is 1. The molecule has 1 unspecified atom stereocenters. The van der Waals surface area contributed by atoms with Crippen LogP contribution in [0.1, 0.15) is 59.7 Å². The summed E-state index contributed by atoms with van der Waals surface area (Å²) in [6, 6.07) is 6.60. The van der Waals surface area contributed by atoms with Gasteiger partial charge in [0.25, 0.3) is 11.7 Å². The van der Waals surface area contributed by atoms with Crippen molar-refractivity contribution in [3.05, 3.63) is 62.4 Å². The van der Waals surface area contributed by atoms with Gasteiger partial charge in [-0.2, -0.15) is 0 Å². The number of aromatic amines is 1. The van der Waals surface area contributed by atoms with E-state index in [1.54, 1.807) is 20.8 Å². The number of carbonyl (C=O) groups excluding carboxylic acids is 3. The van der Waals surface area contributed by atoms with E-state index in [1.807, 2.05) is 38.1 Å². The molecule has 0 saturated carbocycles. The van der Waals surface area contributed by atoms with Gasteiger partial charge >= 0.3 is 5.97 Å². The molecule has 0 bridgehead atoms. The van der Waals surface area contributed by atoms with Crippen LogP contribution in [0.15, 0.2) is 34.3 Å². The molecule has 1 fully saturated rings. The van der Waals surface area contributed by atoms with Crippen LogP contribution in [-0.4, -0.2) is 70.3 Å². The highest BCUT2D eigenvalue weighted by atomic mass is 79.9. The van der Waals surface area contributed by atoms with Crippen molar-refractivity contribution in [2.24, 2.45) is 0 Å². The number of carbonyl (C=O) groups is 3. The summed E-state index contributed by atoms with van der Waals surface area (Å²) in [4.78, 5) is 45.6. The second-order valence-corrected chi connectivity index (χ2v) is 9.34. The lowest BCUT2D eigenvalue weighted by Gasteiger charge is -2.28. The van der Waals surface area contributed by atoms with E-state index in [-0.39, 0.29) is 23.6 Å². The second kappa shape index (κ2) is 11.2. The Balaban J connectivity index is 2.17. The number of aliphatic hydroxyl groups excluding tert-OH is 1. The number of Topliss-reactive ketones (excluding diaryl/α,β-unsaturated/α-hetero) is 1. The number of hydrogen-bond donors (Lipinski definition) is 2. The molecule has 1 atom stereocenters. The maximum atomic E-state index is 13.3. The van der Waals surface area contributed by atoms with E-state index in [0.29, 0.717) is 35.5 Å². The zero-order valence-electron chi connectivity index (χ0n) is 20.8. The summed E-state index contributed by atoms with van der Waals surface area (Å²) < 4.78 is 5.90. The minimum atomic E-state index is -0.761. The highest BCUT2D eigenvalue weighted by molar-refractivity contribution is 9.10. The number of ketones is 1. The predicted molar refractivity (Wildman–Crippen MR) is 137 cm³/mol. The van der Waals surface area contributed by atoms with Crippen molar-refractivity contribution in [1.29, 1.82) is 0 Å². The van der Waals surface area contributed by atoms with E-state index in [4.69, 9.17) is 4.74 Å². The zero-order chi connectivity index (χ0) is 25.9. The molecule has 1 aliphatic heterocycles. The first-order chi connectivity index (χ1) is 16.7. The SMILES string of the molecule is CCOC(=O)c1[nH]c(C)c(/C(O)=C2\C(=O)C(=O)N(CCN(CC)CC)C2c2cccc(Br)c2)c1C. The van der Waals surface area contributed by atoms with Gasteiger partial charge in [0.15, 0.2) is 0 Å². The maximum absolute atomic E-state index is 13.3. The van der Waals surface area contributed by atoms with Crippen molar-refractivity contribution < 1.29 is 24.2 Å². The van der Waals surface area contributed by atoms with Crippen LogP contribution in [0.5, 0.6) is 0 Å². The number of likely N-dealkylation sites (N-methyl/N-ethyl adjacent to an activating group) is 1. The standard InChI is InChI=1S/C26H32BrN3O5/c1-6-29(7-2)12-13-30-22(17-10-9-11-18(27)14-17)20(24(32)25(30)33)23(31)19-15(4)21(28-16(19)5)26(34)35-8-3/h9-11,14,22,28,31H,6-8,12-13H2,1-5H3/b23-20+. The molecular formula is C26H32BrN3O5. The number of aromatic nitrogens is 1. The van der Waals surface area contributed by atoms with Gasteiger partial charge in [-0.15, -0.1) is 0 Å². The Morgan fingerprint density at radius 3 is 2.49 bits per heavy atom. The lowest BCUT2D eigenvalue weighted by atomic mass is 9.94. The molecule has 2 aromatic rings. The largest absolute Gasteiger partial charge is 0.507 e. The summed E-state index contributed by atoms with van der Waals surface area (Å²) in [7, 11) is 0. The van der Waals surface area contributed by atoms with Gasteiger partial charge in [0.1, 0.15) is 11.5 Å². The number of benzene rings is 1. The Labute approximate surface area is 214 Å². The van der Waals surface area contributed by atoms with Crippen LogP contribution >= 0.6 is 15.9 Å². The fourth-order valence-electron chi connectivity index (χ4n) is 4.57. The van der Waals surface area contributed by atoms with Crippen LogP contribution in [0, 0.1) is 13.8 Å². The summed E-state index contributed by atoms with van der Waals surface area (Å²) in [5.41, 5.74) is 2.21. The highest BCUT2D eigenvalue weighted by Crippen LogP contribution is 2.41. The summed E-state index contributed by atoms with van der Waals surface area (Å²) in [6.07, 6.45) is 0. The van der Waals surface area contributed by atoms with Crippen LogP contribution in [0.25, 0.3) is 5.76 Å². The number of nitrogens with one attached hydrogen (secondary N) is 1. The topological polar surface area (TPSA) is 103 Å². The van der Waals surface area contributed by atoms with Crippen molar-refractivity contribution in [3.63, 3.8) is 0 Å². The minimum Gasteiger partial charge on any atom is -0.507 e. The number of rotatable bonds is 9. The number of likely N-dealkylation sites (tertiary alicyclic amines) is 1. The van der Waals surface area contributed by atoms with E-state index in [0.717, 1.165) is 17.6 Å². The van der Waals surface area contributed by atoms with E-state index in [2.05, 4.69) is 25.8 Å². The van der Waals surface area contributed by atoms with E-state index in [1.165, 1.54) is 4.90 Å². The van der Waals surface area contributed by atoms with Gasteiger partial charge in [-0.1, -0.05) is 41.9 Å². The first-order valence-corrected chi connectivity index (χ1v) is 12.6. The molecule has 8 nitrogen and oxygen atoms in total. The molecule has 35 heavy (non-hydrogen) atoms. The number of hydrogen-bond acceptors (Lipinski definition) is 6. The Bertz CT molecular complexity index is 1170. The lowest BCUT2D eigenvalue weighted by Crippen LogP contribution is -2.38. The highest BCUT2D eigenvalue weighted by Gasteiger charge is 2.46. The molecule has 188 valence electrons. The molecule has 1 aromatic heterocycles. The van der Waals surface area contributed by atoms with Crippen molar-refractivity contribution in [2.75, 3.05) is 32.8 Å². The minimum absolute atomic E-state index is 0.00764. The van der Waals surface area contributed by atoms with Gasteiger partial charge < -0.3 is 24.6 Å². The van der Waals surface area contributed by atoms with Crippen LogP contribution < -0.4 is 0 Å². The third-order valence-electron chi connectivity index (χ3n) is 6.41. The number of amides is 1. The summed E-state index contributed by atoms with van der Waals surface area (Å²) in [5, 5.41) is 11.5. The number of aliphatic hydroxyl groups is 1. The predicted octanol–water partition coefficient (Wildman–Crippen LogP) is 4.33. The normalized spacial score (nSPS) is 17.5.